The standard InChI is InChI=1S/C36H46N2O9/c1-42-17-6-15-37-16-18-44-32-14-9-27(19-31(32)37)24-45-33-20-38(36(41)47-23-26-7-4-3-5-8-26)21-34(46-25-29(40)22-39)35(33)28-10-12-30(43-2)13-11-28/h3-5,7-14,19,29,33-35,39-40H,6,15-18,20-25H2,1-2H3/t29-,33+,34-,35-/m1/s1. The van der Waals surface area contributed by atoms with E-state index in [1.54, 1.807) is 19.1 Å². The van der Waals surface area contributed by atoms with Crippen molar-refractivity contribution in [1.82, 2.24) is 4.90 Å². The zero-order valence-corrected chi connectivity index (χ0v) is 27.2. The number of methoxy groups -OCH3 is 2. The summed E-state index contributed by atoms with van der Waals surface area (Å²) < 4.78 is 35.2. The van der Waals surface area contributed by atoms with E-state index < -0.39 is 31.0 Å². The second-order valence-electron chi connectivity index (χ2n) is 11.8. The second kappa shape index (κ2) is 17.3. The average molecular weight is 651 g/mol. The zero-order chi connectivity index (χ0) is 33.0. The summed E-state index contributed by atoms with van der Waals surface area (Å²) in [5, 5.41) is 19.6. The number of aliphatic hydroxyl groups excluding tert-OH is 2. The first-order valence-electron chi connectivity index (χ1n) is 16.1. The minimum atomic E-state index is -1.06. The molecule has 3 aromatic carbocycles. The Balaban J connectivity index is 1.38. The van der Waals surface area contributed by atoms with E-state index in [9.17, 15) is 15.0 Å². The fraction of sp³-hybridized carbons (Fsp3) is 0.472. The number of piperidine rings is 1. The summed E-state index contributed by atoms with van der Waals surface area (Å²) in [5.74, 6) is 1.26. The van der Waals surface area contributed by atoms with Crippen molar-refractivity contribution in [3.63, 3.8) is 0 Å². The van der Waals surface area contributed by atoms with Gasteiger partial charge in [-0.1, -0.05) is 48.5 Å². The number of hydrogen-bond acceptors (Lipinski definition) is 10. The molecule has 3 aromatic rings. The molecule has 2 aliphatic heterocycles. The summed E-state index contributed by atoms with van der Waals surface area (Å²) in [6.45, 7) is 3.34. The highest BCUT2D eigenvalue weighted by Crippen LogP contribution is 2.36. The van der Waals surface area contributed by atoms with Crippen LogP contribution in [-0.4, -0.2) is 106 Å². The fourth-order valence-corrected chi connectivity index (χ4v) is 6.03. The minimum Gasteiger partial charge on any atom is -0.497 e. The summed E-state index contributed by atoms with van der Waals surface area (Å²) >= 11 is 0. The third-order valence-corrected chi connectivity index (χ3v) is 8.50. The highest BCUT2D eigenvalue weighted by molar-refractivity contribution is 5.68. The zero-order valence-electron chi connectivity index (χ0n) is 27.2. The van der Waals surface area contributed by atoms with Gasteiger partial charge < -0.3 is 48.4 Å². The van der Waals surface area contributed by atoms with Crippen molar-refractivity contribution in [2.75, 3.05) is 71.7 Å². The van der Waals surface area contributed by atoms with E-state index in [-0.39, 0.29) is 38.8 Å². The van der Waals surface area contributed by atoms with Gasteiger partial charge in [0.2, 0.25) is 0 Å². The Bertz CT molecular complexity index is 1390. The summed E-state index contributed by atoms with van der Waals surface area (Å²) in [6.07, 6.45) is -1.67. The topological polar surface area (TPSA) is 119 Å². The molecule has 0 unspecified atom stereocenters. The van der Waals surface area contributed by atoms with Crippen LogP contribution >= 0.6 is 0 Å². The van der Waals surface area contributed by atoms with Gasteiger partial charge in [-0.3, -0.25) is 0 Å². The summed E-state index contributed by atoms with van der Waals surface area (Å²) in [7, 11) is 3.33. The van der Waals surface area contributed by atoms with Gasteiger partial charge in [0.15, 0.2) is 0 Å². The molecular weight excluding hydrogens is 604 g/mol. The average Bonchev–Trinajstić information content (AvgIpc) is 3.12. The lowest BCUT2D eigenvalue weighted by Crippen LogP contribution is -2.55. The van der Waals surface area contributed by atoms with Gasteiger partial charge in [-0.05, 0) is 47.4 Å². The predicted molar refractivity (Wildman–Crippen MR) is 176 cm³/mol. The van der Waals surface area contributed by atoms with Crippen molar-refractivity contribution in [3.8, 4) is 11.5 Å². The van der Waals surface area contributed by atoms with E-state index in [0.717, 1.165) is 47.6 Å². The smallest absolute Gasteiger partial charge is 0.410 e. The van der Waals surface area contributed by atoms with Crippen molar-refractivity contribution in [3.05, 3.63) is 89.5 Å². The molecule has 11 heteroatoms. The Kier molecular flexibility index (Phi) is 12.7. The van der Waals surface area contributed by atoms with Crippen LogP contribution in [0.25, 0.3) is 0 Å². The summed E-state index contributed by atoms with van der Waals surface area (Å²) in [4.78, 5) is 17.3. The maximum atomic E-state index is 13.4. The van der Waals surface area contributed by atoms with Crippen LogP contribution in [0.4, 0.5) is 10.5 Å². The number of benzene rings is 3. The maximum Gasteiger partial charge on any atom is 0.410 e. The summed E-state index contributed by atoms with van der Waals surface area (Å²) in [6, 6.07) is 23.3. The first-order valence-corrected chi connectivity index (χ1v) is 16.1. The number of aliphatic hydroxyl groups is 2. The maximum absolute atomic E-state index is 13.4. The molecule has 2 aliphatic rings. The lowest BCUT2D eigenvalue weighted by atomic mass is 9.84. The fourth-order valence-electron chi connectivity index (χ4n) is 6.03. The minimum absolute atomic E-state index is 0.100. The first-order chi connectivity index (χ1) is 23.0. The van der Waals surface area contributed by atoms with Gasteiger partial charge >= 0.3 is 6.09 Å². The van der Waals surface area contributed by atoms with Crippen LogP contribution < -0.4 is 14.4 Å². The molecule has 4 atom stereocenters. The second-order valence-corrected chi connectivity index (χ2v) is 11.8. The van der Waals surface area contributed by atoms with Crippen LogP contribution in [0, 0.1) is 0 Å². The molecule has 0 spiro atoms. The largest absolute Gasteiger partial charge is 0.497 e. The van der Waals surface area contributed by atoms with Gasteiger partial charge in [0, 0.05) is 26.2 Å². The van der Waals surface area contributed by atoms with E-state index in [1.165, 1.54) is 0 Å². The number of nitrogens with zero attached hydrogens (tertiary/aromatic N) is 2. The molecule has 0 aromatic heterocycles. The van der Waals surface area contributed by atoms with Crippen molar-refractivity contribution in [2.24, 2.45) is 0 Å². The number of rotatable bonds is 15. The van der Waals surface area contributed by atoms with Crippen LogP contribution in [0.15, 0.2) is 72.8 Å². The van der Waals surface area contributed by atoms with Crippen molar-refractivity contribution >= 4 is 11.8 Å². The van der Waals surface area contributed by atoms with Gasteiger partial charge in [-0.15, -0.1) is 0 Å². The lowest BCUT2D eigenvalue weighted by molar-refractivity contribution is -0.108. The molecule has 0 saturated carbocycles. The molecule has 11 nitrogen and oxygen atoms in total. The molecule has 0 aliphatic carbocycles. The molecule has 5 rings (SSSR count). The molecule has 1 saturated heterocycles. The van der Waals surface area contributed by atoms with Crippen molar-refractivity contribution in [2.45, 2.75) is 43.9 Å². The SMILES string of the molecule is COCCCN1CCOc2ccc(CO[C@H]3CN(C(=O)OCc4ccccc4)C[C@@H](OC[C@H](O)CO)[C@@H]3c3ccc(OC)cc3)cc21. The Morgan fingerprint density at radius 2 is 1.72 bits per heavy atom. The number of fused-ring (bicyclic) bond motifs is 1. The number of carbonyl (C=O) groups excluding carboxylic acids is 1. The molecule has 47 heavy (non-hydrogen) atoms. The Hall–Kier alpha value is -3.87. The van der Waals surface area contributed by atoms with E-state index in [1.807, 2.05) is 66.7 Å². The predicted octanol–water partition coefficient (Wildman–Crippen LogP) is 3.99. The molecule has 2 N–H and O–H groups in total. The molecule has 1 fully saturated rings. The number of ether oxygens (including phenoxy) is 6. The third kappa shape index (κ3) is 9.36. The monoisotopic (exact) mass is 650 g/mol. The lowest BCUT2D eigenvalue weighted by Gasteiger charge is -2.43. The highest BCUT2D eigenvalue weighted by Gasteiger charge is 2.42. The third-order valence-electron chi connectivity index (χ3n) is 8.50. The molecule has 254 valence electrons. The summed E-state index contributed by atoms with van der Waals surface area (Å²) in [5.41, 5.74) is 3.82. The Labute approximate surface area is 276 Å². The normalized spacial score (nSPS) is 19.9. The van der Waals surface area contributed by atoms with Crippen molar-refractivity contribution in [1.29, 1.82) is 0 Å². The van der Waals surface area contributed by atoms with Crippen LogP contribution in [-0.2, 0) is 32.2 Å². The molecular formula is C36H46N2O9. The number of amides is 1. The Morgan fingerprint density at radius 3 is 2.45 bits per heavy atom. The van der Waals surface area contributed by atoms with Crippen LogP contribution in [0.3, 0.4) is 0 Å². The van der Waals surface area contributed by atoms with Gasteiger partial charge in [0.1, 0.15) is 30.8 Å². The number of hydrogen-bond donors (Lipinski definition) is 2. The van der Waals surface area contributed by atoms with Gasteiger partial charge in [-0.25, -0.2) is 4.79 Å². The van der Waals surface area contributed by atoms with Crippen LogP contribution in [0.1, 0.15) is 29.0 Å². The Morgan fingerprint density at radius 1 is 0.957 bits per heavy atom. The molecule has 1 amide bonds. The van der Waals surface area contributed by atoms with Crippen LogP contribution in [0.5, 0.6) is 11.5 Å². The van der Waals surface area contributed by atoms with E-state index in [2.05, 4.69) is 11.0 Å². The van der Waals surface area contributed by atoms with E-state index in [4.69, 9.17) is 28.4 Å². The first kappa shape index (κ1) is 34.5. The molecule has 0 radical (unpaired) electrons. The highest BCUT2D eigenvalue weighted by atomic mass is 16.6. The number of anilines is 1. The molecule has 2 heterocycles. The van der Waals surface area contributed by atoms with Gasteiger partial charge in [0.25, 0.3) is 0 Å². The number of likely N-dealkylation sites (tertiary alicyclic amines) is 1. The molecule has 0 bridgehead atoms. The number of carbonyl (C=O) groups is 1. The van der Waals surface area contributed by atoms with Gasteiger partial charge in [0.05, 0.1) is 64.5 Å². The quantitative estimate of drug-likeness (QED) is 0.234. The van der Waals surface area contributed by atoms with E-state index in [0.29, 0.717) is 19.0 Å². The van der Waals surface area contributed by atoms with Crippen molar-refractivity contribution < 1.29 is 43.4 Å². The van der Waals surface area contributed by atoms with E-state index >= 15 is 0 Å². The van der Waals surface area contributed by atoms with Crippen LogP contribution in [0.2, 0.25) is 0 Å². The van der Waals surface area contributed by atoms with Gasteiger partial charge in [-0.2, -0.15) is 0 Å².